The molecule has 1 atom stereocenters. The number of rotatable bonds is 14. The van der Waals surface area contributed by atoms with Crippen molar-refractivity contribution in [2.45, 2.75) is 58.8 Å². The third-order valence-corrected chi connectivity index (χ3v) is 4.51. The van der Waals surface area contributed by atoms with Crippen LogP contribution in [0.15, 0.2) is 24.3 Å². The van der Waals surface area contributed by atoms with Gasteiger partial charge in [0.15, 0.2) is 0 Å². The van der Waals surface area contributed by atoms with Crippen molar-refractivity contribution in [1.82, 2.24) is 0 Å². The molecule has 0 bridgehead atoms. The van der Waals surface area contributed by atoms with Crippen molar-refractivity contribution >= 4 is 11.9 Å². The highest BCUT2D eigenvalue weighted by Crippen LogP contribution is 2.19. The van der Waals surface area contributed by atoms with Crippen LogP contribution in [-0.2, 0) is 14.2 Å². The van der Waals surface area contributed by atoms with E-state index in [2.05, 4.69) is 6.92 Å². The van der Waals surface area contributed by atoms with E-state index >= 15 is 0 Å². The standard InChI is InChI=1S/C22H34O5/c1-4-6-7-10-18(13-16-25-3)14-17-27-22(24)20-12-9-8-11-19(20)21(23)26-15-5-2/h8-9,11-12,18H,4-7,10,13-17H2,1-3H3. The molecule has 0 saturated carbocycles. The van der Waals surface area contributed by atoms with Gasteiger partial charge in [-0.3, -0.25) is 0 Å². The van der Waals surface area contributed by atoms with E-state index in [1.807, 2.05) is 6.92 Å². The third-order valence-electron chi connectivity index (χ3n) is 4.51. The summed E-state index contributed by atoms with van der Waals surface area (Å²) in [4.78, 5) is 24.6. The summed E-state index contributed by atoms with van der Waals surface area (Å²) in [6.45, 7) is 5.51. The molecule has 0 fully saturated rings. The summed E-state index contributed by atoms with van der Waals surface area (Å²) >= 11 is 0. The smallest absolute Gasteiger partial charge is 0.339 e. The molecule has 1 rings (SSSR count). The van der Waals surface area contributed by atoms with Gasteiger partial charge in [0.05, 0.1) is 24.3 Å². The highest BCUT2D eigenvalue weighted by Gasteiger charge is 2.19. The lowest BCUT2D eigenvalue weighted by atomic mass is 9.95. The van der Waals surface area contributed by atoms with Crippen LogP contribution >= 0.6 is 0 Å². The predicted octanol–water partition coefficient (Wildman–Crippen LogP) is 5.03. The van der Waals surface area contributed by atoms with Crippen LogP contribution < -0.4 is 0 Å². The Balaban J connectivity index is 2.58. The topological polar surface area (TPSA) is 61.8 Å². The van der Waals surface area contributed by atoms with E-state index in [1.54, 1.807) is 31.4 Å². The van der Waals surface area contributed by atoms with Crippen LogP contribution in [0.4, 0.5) is 0 Å². The van der Waals surface area contributed by atoms with Crippen LogP contribution in [0.1, 0.15) is 79.5 Å². The average Bonchev–Trinajstić information content (AvgIpc) is 2.69. The predicted molar refractivity (Wildman–Crippen MR) is 106 cm³/mol. The Hall–Kier alpha value is -1.88. The molecule has 0 spiro atoms. The first kappa shape index (κ1) is 23.2. The van der Waals surface area contributed by atoms with Gasteiger partial charge in [-0.1, -0.05) is 51.7 Å². The number of hydrogen-bond acceptors (Lipinski definition) is 5. The first-order valence-corrected chi connectivity index (χ1v) is 10.1. The molecule has 0 radical (unpaired) electrons. The Morgan fingerprint density at radius 1 is 0.815 bits per heavy atom. The molecule has 152 valence electrons. The molecule has 0 saturated heterocycles. The van der Waals surface area contributed by atoms with E-state index in [4.69, 9.17) is 14.2 Å². The second kappa shape index (κ2) is 14.2. The lowest BCUT2D eigenvalue weighted by Crippen LogP contribution is -2.16. The SMILES string of the molecule is CCCCCC(CCOC)CCOC(=O)c1ccccc1C(=O)OCCC. The molecule has 27 heavy (non-hydrogen) atoms. The Labute approximate surface area is 163 Å². The molecular formula is C22H34O5. The molecule has 0 aliphatic carbocycles. The molecule has 1 aromatic carbocycles. The van der Waals surface area contributed by atoms with Crippen LogP contribution in [0.5, 0.6) is 0 Å². The highest BCUT2D eigenvalue weighted by molar-refractivity contribution is 6.03. The van der Waals surface area contributed by atoms with Gasteiger partial charge >= 0.3 is 11.9 Å². The lowest BCUT2D eigenvalue weighted by molar-refractivity contribution is 0.0438. The van der Waals surface area contributed by atoms with Gasteiger partial charge in [-0.25, -0.2) is 9.59 Å². The summed E-state index contributed by atoms with van der Waals surface area (Å²) < 4.78 is 15.8. The van der Waals surface area contributed by atoms with Gasteiger partial charge in [0.25, 0.3) is 0 Å². The first-order valence-electron chi connectivity index (χ1n) is 10.1. The molecule has 5 nitrogen and oxygen atoms in total. The number of methoxy groups -OCH3 is 1. The van der Waals surface area contributed by atoms with Crippen LogP contribution in [0.25, 0.3) is 0 Å². The van der Waals surface area contributed by atoms with Gasteiger partial charge in [0, 0.05) is 13.7 Å². The van der Waals surface area contributed by atoms with Crippen molar-refractivity contribution in [2.75, 3.05) is 26.9 Å². The van der Waals surface area contributed by atoms with Crippen molar-refractivity contribution in [3.8, 4) is 0 Å². The van der Waals surface area contributed by atoms with Gasteiger partial charge in [-0.2, -0.15) is 0 Å². The molecule has 0 aliphatic heterocycles. The number of hydrogen-bond donors (Lipinski definition) is 0. The van der Waals surface area contributed by atoms with Crippen molar-refractivity contribution in [3.63, 3.8) is 0 Å². The minimum absolute atomic E-state index is 0.259. The number of ether oxygens (including phenoxy) is 3. The number of esters is 2. The summed E-state index contributed by atoms with van der Waals surface area (Å²) in [5.41, 5.74) is 0.521. The van der Waals surface area contributed by atoms with E-state index in [0.29, 0.717) is 19.1 Å². The van der Waals surface area contributed by atoms with Gasteiger partial charge in [0.1, 0.15) is 0 Å². The molecule has 0 heterocycles. The van der Waals surface area contributed by atoms with Crippen LogP contribution in [0, 0.1) is 5.92 Å². The zero-order valence-corrected chi connectivity index (χ0v) is 17.0. The first-order chi connectivity index (χ1) is 13.1. The summed E-state index contributed by atoms with van der Waals surface area (Å²) in [6, 6.07) is 6.64. The van der Waals surface area contributed by atoms with Gasteiger partial charge in [-0.15, -0.1) is 0 Å². The summed E-state index contributed by atoms with van der Waals surface area (Å²) in [5.74, 6) is -0.478. The molecular weight excluding hydrogens is 344 g/mol. The van der Waals surface area contributed by atoms with E-state index < -0.39 is 11.9 Å². The third kappa shape index (κ3) is 9.05. The highest BCUT2D eigenvalue weighted by atomic mass is 16.5. The largest absolute Gasteiger partial charge is 0.462 e. The van der Waals surface area contributed by atoms with Crippen molar-refractivity contribution in [3.05, 3.63) is 35.4 Å². The van der Waals surface area contributed by atoms with Crippen LogP contribution in [0.3, 0.4) is 0 Å². The van der Waals surface area contributed by atoms with Crippen LogP contribution in [-0.4, -0.2) is 38.9 Å². The lowest BCUT2D eigenvalue weighted by Gasteiger charge is -2.16. The van der Waals surface area contributed by atoms with Crippen molar-refractivity contribution < 1.29 is 23.8 Å². The maximum Gasteiger partial charge on any atom is 0.339 e. The van der Waals surface area contributed by atoms with Crippen molar-refractivity contribution in [1.29, 1.82) is 0 Å². The zero-order valence-electron chi connectivity index (χ0n) is 17.0. The van der Waals surface area contributed by atoms with Gasteiger partial charge < -0.3 is 14.2 Å². The minimum Gasteiger partial charge on any atom is -0.462 e. The quantitative estimate of drug-likeness (QED) is 0.335. The monoisotopic (exact) mass is 378 g/mol. The normalized spacial score (nSPS) is 11.8. The van der Waals surface area contributed by atoms with Crippen LogP contribution in [0.2, 0.25) is 0 Å². The Morgan fingerprint density at radius 2 is 1.41 bits per heavy atom. The van der Waals surface area contributed by atoms with E-state index in [0.717, 1.165) is 32.3 Å². The number of carbonyl (C=O) groups is 2. The van der Waals surface area contributed by atoms with Crippen molar-refractivity contribution in [2.24, 2.45) is 5.92 Å². The maximum absolute atomic E-state index is 12.4. The average molecular weight is 379 g/mol. The van der Waals surface area contributed by atoms with E-state index in [1.165, 1.54) is 19.3 Å². The molecule has 1 unspecified atom stereocenters. The number of unbranched alkanes of at least 4 members (excludes halogenated alkanes) is 2. The number of carbonyl (C=O) groups excluding carboxylic acids is 2. The summed E-state index contributed by atoms with van der Waals surface area (Å²) in [6.07, 6.45) is 7.23. The fourth-order valence-corrected chi connectivity index (χ4v) is 2.91. The molecule has 1 aromatic rings. The molecule has 0 aromatic heterocycles. The minimum atomic E-state index is -0.484. The number of benzene rings is 1. The Morgan fingerprint density at radius 3 is 1.96 bits per heavy atom. The van der Waals surface area contributed by atoms with E-state index in [-0.39, 0.29) is 11.1 Å². The fourth-order valence-electron chi connectivity index (χ4n) is 2.91. The fraction of sp³-hybridized carbons (Fsp3) is 0.636. The maximum atomic E-state index is 12.4. The molecule has 0 N–H and O–H groups in total. The zero-order chi connectivity index (χ0) is 19.9. The molecule has 0 amide bonds. The second-order valence-corrected chi connectivity index (χ2v) is 6.75. The van der Waals surface area contributed by atoms with E-state index in [9.17, 15) is 9.59 Å². The summed E-state index contributed by atoms with van der Waals surface area (Å²) in [7, 11) is 1.71. The second-order valence-electron chi connectivity index (χ2n) is 6.75. The Bertz CT molecular complexity index is 555. The molecule has 0 aliphatic rings. The summed E-state index contributed by atoms with van der Waals surface area (Å²) in [5, 5.41) is 0. The van der Waals surface area contributed by atoms with Gasteiger partial charge in [0.2, 0.25) is 0 Å². The molecule has 5 heteroatoms. The Kier molecular flexibility index (Phi) is 12.2. The van der Waals surface area contributed by atoms with Gasteiger partial charge in [-0.05, 0) is 37.3 Å².